The molecule has 0 radical (unpaired) electrons. The SMILES string of the molecule is COC(=O)CC(CCCO)OC(C)=O. The summed E-state index contributed by atoms with van der Waals surface area (Å²) in [6.07, 6.45) is 0.503. The summed E-state index contributed by atoms with van der Waals surface area (Å²) in [5, 5.41) is 8.58. The first-order valence-electron chi connectivity index (χ1n) is 4.45. The van der Waals surface area contributed by atoms with Gasteiger partial charge in [-0.25, -0.2) is 0 Å². The zero-order valence-corrected chi connectivity index (χ0v) is 8.49. The minimum Gasteiger partial charge on any atom is -0.469 e. The summed E-state index contributed by atoms with van der Waals surface area (Å²) in [5.41, 5.74) is 0. The van der Waals surface area contributed by atoms with Crippen molar-refractivity contribution >= 4 is 11.9 Å². The standard InChI is InChI=1S/C9H16O5/c1-7(11)14-8(4-3-5-10)6-9(12)13-2/h8,10H,3-6H2,1-2H3. The Labute approximate surface area is 83.0 Å². The van der Waals surface area contributed by atoms with E-state index >= 15 is 0 Å². The molecule has 0 aliphatic rings. The quantitative estimate of drug-likeness (QED) is 0.628. The van der Waals surface area contributed by atoms with Crippen molar-refractivity contribution in [2.75, 3.05) is 13.7 Å². The molecule has 1 atom stereocenters. The number of ether oxygens (including phenoxy) is 2. The Morgan fingerprint density at radius 1 is 1.43 bits per heavy atom. The van der Waals surface area contributed by atoms with E-state index < -0.39 is 18.0 Å². The van der Waals surface area contributed by atoms with Gasteiger partial charge in [-0.2, -0.15) is 0 Å². The fourth-order valence-corrected chi connectivity index (χ4v) is 1.03. The highest BCUT2D eigenvalue weighted by Gasteiger charge is 2.16. The van der Waals surface area contributed by atoms with Crippen LogP contribution < -0.4 is 0 Å². The molecule has 0 rings (SSSR count). The molecule has 0 saturated carbocycles. The lowest BCUT2D eigenvalue weighted by Gasteiger charge is -2.14. The van der Waals surface area contributed by atoms with Crippen LogP contribution in [0.15, 0.2) is 0 Å². The summed E-state index contributed by atoms with van der Waals surface area (Å²) >= 11 is 0. The minimum absolute atomic E-state index is 0.0128. The fourth-order valence-electron chi connectivity index (χ4n) is 1.03. The summed E-state index contributed by atoms with van der Waals surface area (Å²) in [6.45, 7) is 1.29. The van der Waals surface area contributed by atoms with Crippen molar-refractivity contribution in [1.82, 2.24) is 0 Å². The highest BCUT2D eigenvalue weighted by molar-refractivity contribution is 5.71. The van der Waals surface area contributed by atoms with E-state index in [-0.39, 0.29) is 13.0 Å². The molecular weight excluding hydrogens is 188 g/mol. The lowest BCUT2D eigenvalue weighted by molar-refractivity contribution is -0.152. The molecule has 1 unspecified atom stereocenters. The molecule has 0 aliphatic carbocycles. The number of aliphatic hydroxyl groups is 1. The Kier molecular flexibility index (Phi) is 6.74. The van der Waals surface area contributed by atoms with Crippen LogP contribution in [0.3, 0.4) is 0 Å². The van der Waals surface area contributed by atoms with Gasteiger partial charge in [0.2, 0.25) is 0 Å². The van der Waals surface area contributed by atoms with E-state index in [4.69, 9.17) is 9.84 Å². The van der Waals surface area contributed by atoms with Gasteiger partial charge < -0.3 is 14.6 Å². The normalized spacial score (nSPS) is 11.9. The molecule has 0 amide bonds. The monoisotopic (exact) mass is 204 g/mol. The van der Waals surface area contributed by atoms with Crippen molar-refractivity contribution in [3.63, 3.8) is 0 Å². The van der Waals surface area contributed by atoms with Gasteiger partial charge in [-0.15, -0.1) is 0 Å². The first-order chi connectivity index (χ1) is 6.60. The second-order valence-corrected chi connectivity index (χ2v) is 2.88. The zero-order valence-electron chi connectivity index (χ0n) is 8.49. The van der Waals surface area contributed by atoms with E-state index in [9.17, 15) is 9.59 Å². The molecule has 0 spiro atoms. The molecule has 0 aromatic heterocycles. The third-order valence-corrected chi connectivity index (χ3v) is 1.64. The molecule has 0 fully saturated rings. The largest absolute Gasteiger partial charge is 0.469 e. The van der Waals surface area contributed by atoms with Crippen molar-refractivity contribution in [3.8, 4) is 0 Å². The first kappa shape index (κ1) is 12.9. The number of carbonyl (C=O) groups is 2. The Hall–Kier alpha value is -1.10. The van der Waals surface area contributed by atoms with Gasteiger partial charge in [0.15, 0.2) is 0 Å². The van der Waals surface area contributed by atoms with Crippen LogP contribution in [0.1, 0.15) is 26.2 Å². The van der Waals surface area contributed by atoms with E-state index in [0.717, 1.165) is 0 Å². The lowest BCUT2D eigenvalue weighted by atomic mass is 10.1. The Bertz CT molecular complexity index is 190. The predicted molar refractivity (Wildman–Crippen MR) is 48.5 cm³/mol. The topological polar surface area (TPSA) is 72.8 Å². The van der Waals surface area contributed by atoms with Crippen LogP contribution in [0.2, 0.25) is 0 Å². The van der Waals surface area contributed by atoms with Crippen LogP contribution in [0.5, 0.6) is 0 Å². The highest BCUT2D eigenvalue weighted by atomic mass is 16.6. The third kappa shape index (κ3) is 6.42. The van der Waals surface area contributed by atoms with Gasteiger partial charge in [0.05, 0.1) is 13.5 Å². The molecule has 0 aromatic rings. The molecule has 0 heterocycles. The van der Waals surface area contributed by atoms with E-state index in [1.54, 1.807) is 0 Å². The number of hydrogen-bond donors (Lipinski definition) is 1. The van der Waals surface area contributed by atoms with E-state index in [1.807, 2.05) is 0 Å². The van der Waals surface area contributed by atoms with Crippen molar-refractivity contribution in [2.24, 2.45) is 0 Å². The number of aliphatic hydroxyl groups excluding tert-OH is 1. The van der Waals surface area contributed by atoms with Crippen LogP contribution in [0.25, 0.3) is 0 Å². The number of carbonyl (C=O) groups excluding carboxylic acids is 2. The van der Waals surface area contributed by atoms with Gasteiger partial charge >= 0.3 is 11.9 Å². The van der Waals surface area contributed by atoms with Crippen molar-refractivity contribution in [2.45, 2.75) is 32.3 Å². The van der Waals surface area contributed by atoms with Crippen LogP contribution in [0, 0.1) is 0 Å². The number of hydrogen-bond acceptors (Lipinski definition) is 5. The summed E-state index contributed by atoms with van der Waals surface area (Å²) in [6, 6.07) is 0. The van der Waals surface area contributed by atoms with Crippen LogP contribution in [0.4, 0.5) is 0 Å². The molecule has 0 bridgehead atoms. The summed E-state index contributed by atoms with van der Waals surface area (Å²) in [4.78, 5) is 21.5. The van der Waals surface area contributed by atoms with Crippen LogP contribution in [-0.4, -0.2) is 36.9 Å². The van der Waals surface area contributed by atoms with Crippen LogP contribution in [-0.2, 0) is 19.1 Å². The lowest BCUT2D eigenvalue weighted by Crippen LogP contribution is -2.21. The maximum Gasteiger partial charge on any atom is 0.309 e. The molecule has 1 N–H and O–H groups in total. The molecule has 0 aromatic carbocycles. The first-order valence-corrected chi connectivity index (χ1v) is 4.45. The van der Waals surface area contributed by atoms with Crippen LogP contribution >= 0.6 is 0 Å². The summed E-state index contributed by atoms with van der Waals surface area (Å²) < 4.78 is 9.32. The second-order valence-electron chi connectivity index (χ2n) is 2.88. The van der Waals surface area contributed by atoms with Crippen molar-refractivity contribution in [1.29, 1.82) is 0 Å². The van der Waals surface area contributed by atoms with Gasteiger partial charge in [0.25, 0.3) is 0 Å². The maximum atomic E-state index is 10.9. The molecule has 5 heteroatoms. The number of methoxy groups -OCH3 is 1. The summed E-state index contributed by atoms with van der Waals surface area (Å²) in [7, 11) is 1.28. The smallest absolute Gasteiger partial charge is 0.309 e. The van der Waals surface area contributed by atoms with Gasteiger partial charge in [-0.05, 0) is 12.8 Å². The van der Waals surface area contributed by atoms with E-state index in [1.165, 1.54) is 14.0 Å². The Morgan fingerprint density at radius 3 is 2.50 bits per heavy atom. The average Bonchev–Trinajstić information content (AvgIpc) is 2.13. The van der Waals surface area contributed by atoms with Gasteiger partial charge in [-0.1, -0.05) is 0 Å². The minimum atomic E-state index is -0.493. The summed E-state index contributed by atoms with van der Waals surface area (Å²) in [5.74, 6) is -0.856. The third-order valence-electron chi connectivity index (χ3n) is 1.64. The van der Waals surface area contributed by atoms with Gasteiger partial charge in [0, 0.05) is 13.5 Å². The Balaban J connectivity index is 3.96. The average molecular weight is 204 g/mol. The molecule has 82 valence electrons. The van der Waals surface area contributed by atoms with E-state index in [0.29, 0.717) is 12.8 Å². The molecule has 5 nitrogen and oxygen atoms in total. The van der Waals surface area contributed by atoms with Crippen molar-refractivity contribution in [3.05, 3.63) is 0 Å². The highest BCUT2D eigenvalue weighted by Crippen LogP contribution is 2.08. The molecule has 0 saturated heterocycles. The van der Waals surface area contributed by atoms with Crippen molar-refractivity contribution < 1.29 is 24.2 Å². The zero-order chi connectivity index (χ0) is 11.0. The number of esters is 2. The fraction of sp³-hybridized carbons (Fsp3) is 0.778. The molecule has 14 heavy (non-hydrogen) atoms. The molecule has 0 aliphatic heterocycles. The van der Waals surface area contributed by atoms with Gasteiger partial charge in [0.1, 0.15) is 6.10 Å². The predicted octanol–water partition coefficient (Wildman–Crippen LogP) is 0.254. The molecular formula is C9H16O5. The van der Waals surface area contributed by atoms with E-state index in [2.05, 4.69) is 4.74 Å². The Morgan fingerprint density at radius 2 is 2.07 bits per heavy atom. The van der Waals surface area contributed by atoms with Gasteiger partial charge in [-0.3, -0.25) is 9.59 Å². The number of rotatable bonds is 6. The maximum absolute atomic E-state index is 10.9. The second kappa shape index (κ2) is 7.32.